The number of likely N-dealkylation sites (N-methyl/N-ethyl adjacent to an activating group) is 1. The third kappa shape index (κ3) is 2.53. The van der Waals surface area contributed by atoms with Gasteiger partial charge in [0.2, 0.25) is 5.91 Å². The molecule has 0 aromatic carbocycles. The minimum atomic E-state index is -0.582. The van der Waals surface area contributed by atoms with Crippen LogP contribution in [0.5, 0.6) is 0 Å². The highest BCUT2D eigenvalue weighted by Gasteiger charge is 2.36. The molecule has 0 aliphatic carbocycles. The zero-order chi connectivity index (χ0) is 14.2. The van der Waals surface area contributed by atoms with Gasteiger partial charge >= 0.3 is 0 Å². The van der Waals surface area contributed by atoms with Crippen molar-refractivity contribution in [1.29, 1.82) is 0 Å². The maximum absolute atomic E-state index is 11.9. The van der Waals surface area contributed by atoms with Gasteiger partial charge < -0.3 is 5.32 Å². The van der Waals surface area contributed by atoms with E-state index in [9.17, 15) is 9.59 Å². The Labute approximate surface area is 116 Å². The van der Waals surface area contributed by atoms with E-state index in [-0.39, 0.29) is 24.2 Å². The van der Waals surface area contributed by atoms with Crippen LogP contribution in [0.2, 0.25) is 5.15 Å². The molecule has 2 heterocycles. The number of aromatic nitrogens is 2. The largest absolute Gasteiger partial charge is 0.358 e. The van der Waals surface area contributed by atoms with Crippen LogP contribution in [0, 0.1) is 0 Å². The molecule has 19 heavy (non-hydrogen) atoms. The molecule has 1 atom stereocenters. The Balaban J connectivity index is 2.28. The highest BCUT2D eigenvalue weighted by molar-refractivity contribution is 6.30. The average Bonchev–Trinajstić information content (AvgIpc) is 2.57. The third-order valence-corrected chi connectivity index (χ3v) is 3.41. The predicted octanol–water partition coefficient (Wildman–Crippen LogP) is 1.42. The van der Waals surface area contributed by atoms with Crippen molar-refractivity contribution < 1.29 is 9.59 Å². The number of hydrogen-bond acceptors (Lipinski definition) is 5. The third-order valence-electron chi connectivity index (χ3n) is 3.11. The van der Waals surface area contributed by atoms with Crippen molar-refractivity contribution >= 4 is 29.2 Å². The average molecular weight is 283 g/mol. The molecule has 1 aliphatic rings. The number of carbonyl (C=O) groups excluding carboxylic acids is 2. The lowest BCUT2D eigenvalue weighted by molar-refractivity contribution is -0.136. The maximum atomic E-state index is 11.9. The lowest BCUT2D eigenvalue weighted by Gasteiger charge is -2.17. The monoisotopic (exact) mass is 282 g/mol. The van der Waals surface area contributed by atoms with Gasteiger partial charge in [-0.25, -0.2) is 9.97 Å². The minimum absolute atomic E-state index is 0.112. The molecule has 1 aliphatic heterocycles. The first-order valence-electron chi connectivity index (χ1n) is 5.99. The highest BCUT2D eigenvalue weighted by atomic mass is 35.5. The lowest BCUT2D eigenvalue weighted by Crippen LogP contribution is -2.32. The molecule has 1 unspecified atom stereocenters. The molecular weight excluding hydrogens is 268 g/mol. The smallest absolute Gasteiger partial charge is 0.251 e. The standard InChI is InChI=1S/C12H15ClN4O2/c1-6(2)9-10(13)14-5-15-11(9)16-7-4-8(18)17(3)12(7)19/h5-7H,4H2,1-3H3,(H,14,15,16). The van der Waals surface area contributed by atoms with Crippen molar-refractivity contribution in [2.75, 3.05) is 12.4 Å². The molecule has 2 amide bonds. The summed E-state index contributed by atoms with van der Waals surface area (Å²) in [6.45, 7) is 3.92. The fraction of sp³-hybridized carbons (Fsp3) is 0.500. The molecule has 7 heteroatoms. The fourth-order valence-electron chi connectivity index (χ4n) is 2.03. The molecule has 1 N–H and O–H groups in total. The Kier molecular flexibility index (Phi) is 3.71. The second-order valence-corrected chi connectivity index (χ2v) is 5.13. The molecule has 6 nitrogen and oxygen atoms in total. The van der Waals surface area contributed by atoms with Crippen LogP contribution in [0.25, 0.3) is 0 Å². The molecule has 0 bridgehead atoms. The first-order valence-corrected chi connectivity index (χ1v) is 6.37. The molecule has 0 spiro atoms. The Morgan fingerprint density at radius 1 is 1.42 bits per heavy atom. The highest BCUT2D eigenvalue weighted by Crippen LogP contribution is 2.29. The maximum Gasteiger partial charge on any atom is 0.251 e. The van der Waals surface area contributed by atoms with E-state index >= 15 is 0 Å². The van der Waals surface area contributed by atoms with E-state index in [1.54, 1.807) is 0 Å². The Morgan fingerprint density at radius 3 is 2.63 bits per heavy atom. The van der Waals surface area contributed by atoms with Gasteiger partial charge in [-0.1, -0.05) is 25.4 Å². The van der Waals surface area contributed by atoms with Crippen molar-refractivity contribution in [2.45, 2.75) is 32.2 Å². The van der Waals surface area contributed by atoms with Crippen LogP contribution in [0.3, 0.4) is 0 Å². The first kappa shape index (κ1) is 13.7. The second kappa shape index (κ2) is 5.13. The quantitative estimate of drug-likeness (QED) is 0.670. The van der Waals surface area contributed by atoms with Gasteiger partial charge in [0.05, 0.1) is 6.42 Å². The normalized spacial score (nSPS) is 19.4. The summed E-state index contributed by atoms with van der Waals surface area (Å²) in [7, 11) is 1.47. The Hall–Kier alpha value is -1.69. The van der Waals surface area contributed by atoms with Crippen molar-refractivity contribution in [3.8, 4) is 0 Å². The molecule has 102 valence electrons. The zero-order valence-electron chi connectivity index (χ0n) is 11.0. The number of nitrogens with zero attached hydrogens (tertiary/aromatic N) is 3. The molecule has 1 fully saturated rings. The van der Waals surface area contributed by atoms with Gasteiger partial charge in [-0.2, -0.15) is 0 Å². The number of anilines is 1. The van der Waals surface area contributed by atoms with E-state index in [1.807, 2.05) is 13.8 Å². The van der Waals surface area contributed by atoms with Crippen LogP contribution >= 0.6 is 11.6 Å². The van der Waals surface area contributed by atoms with Gasteiger partial charge in [0.25, 0.3) is 5.91 Å². The molecule has 1 saturated heterocycles. The van der Waals surface area contributed by atoms with Gasteiger partial charge in [0.15, 0.2) is 0 Å². The SMILES string of the molecule is CC(C)c1c(Cl)ncnc1NC1CC(=O)N(C)C1=O. The first-order chi connectivity index (χ1) is 8.91. The van der Waals surface area contributed by atoms with E-state index in [1.165, 1.54) is 13.4 Å². The van der Waals surface area contributed by atoms with E-state index in [4.69, 9.17) is 11.6 Å². The van der Waals surface area contributed by atoms with E-state index in [0.717, 1.165) is 10.5 Å². The molecule has 1 aromatic heterocycles. The summed E-state index contributed by atoms with van der Waals surface area (Å²) < 4.78 is 0. The number of halogens is 1. The van der Waals surface area contributed by atoms with Crippen LogP contribution in [0.4, 0.5) is 5.82 Å². The number of hydrogen-bond donors (Lipinski definition) is 1. The predicted molar refractivity (Wildman–Crippen MR) is 70.9 cm³/mol. The summed E-state index contributed by atoms with van der Waals surface area (Å²) in [5, 5.41) is 3.35. The number of nitrogens with one attached hydrogen (secondary N) is 1. The molecule has 0 saturated carbocycles. The fourth-order valence-corrected chi connectivity index (χ4v) is 2.39. The van der Waals surface area contributed by atoms with Gasteiger partial charge in [0, 0.05) is 12.6 Å². The van der Waals surface area contributed by atoms with Crippen molar-refractivity contribution in [1.82, 2.24) is 14.9 Å². The number of imide groups is 1. The van der Waals surface area contributed by atoms with E-state index < -0.39 is 6.04 Å². The lowest BCUT2D eigenvalue weighted by atomic mass is 10.1. The number of amides is 2. The molecule has 2 rings (SSSR count). The van der Waals surface area contributed by atoms with Crippen LogP contribution < -0.4 is 5.32 Å². The van der Waals surface area contributed by atoms with Gasteiger partial charge in [0.1, 0.15) is 23.3 Å². The van der Waals surface area contributed by atoms with Gasteiger partial charge in [-0.15, -0.1) is 0 Å². The van der Waals surface area contributed by atoms with Gasteiger partial charge in [-0.05, 0) is 5.92 Å². The van der Waals surface area contributed by atoms with Crippen LogP contribution in [-0.4, -0.2) is 39.8 Å². The topological polar surface area (TPSA) is 75.2 Å². The number of carbonyl (C=O) groups is 2. The number of rotatable bonds is 3. The van der Waals surface area contributed by atoms with Crippen LogP contribution in [0.15, 0.2) is 6.33 Å². The van der Waals surface area contributed by atoms with Gasteiger partial charge in [-0.3, -0.25) is 14.5 Å². The molecular formula is C12H15ClN4O2. The van der Waals surface area contributed by atoms with Crippen molar-refractivity contribution in [3.63, 3.8) is 0 Å². The van der Waals surface area contributed by atoms with Crippen molar-refractivity contribution in [3.05, 3.63) is 17.0 Å². The Morgan fingerprint density at radius 2 is 2.11 bits per heavy atom. The summed E-state index contributed by atoms with van der Waals surface area (Å²) in [6, 6.07) is -0.582. The summed E-state index contributed by atoms with van der Waals surface area (Å²) in [6.07, 6.45) is 1.47. The van der Waals surface area contributed by atoms with E-state index in [0.29, 0.717) is 11.0 Å². The Bertz CT molecular complexity index is 532. The molecule has 1 aromatic rings. The molecule has 0 radical (unpaired) electrons. The van der Waals surface area contributed by atoms with Crippen LogP contribution in [0.1, 0.15) is 31.7 Å². The summed E-state index contributed by atoms with van der Waals surface area (Å²) >= 11 is 6.05. The zero-order valence-corrected chi connectivity index (χ0v) is 11.7. The van der Waals surface area contributed by atoms with Crippen LogP contribution in [-0.2, 0) is 9.59 Å². The minimum Gasteiger partial charge on any atom is -0.358 e. The second-order valence-electron chi connectivity index (χ2n) is 4.77. The van der Waals surface area contributed by atoms with Crippen molar-refractivity contribution in [2.24, 2.45) is 0 Å². The summed E-state index contributed by atoms with van der Waals surface area (Å²) in [5.41, 5.74) is 0.749. The summed E-state index contributed by atoms with van der Waals surface area (Å²) in [4.78, 5) is 32.5. The number of likely N-dealkylation sites (tertiary alicyclic amines) is 1. The summed E-state index contributed by atoms with van der Waals surface area (Å²) in [5.74, 6) is 0.167. The van der Waals surface area contributed by atoms with E-state index in [2.05, 4.69) is 15.3 Å².